The van der Waals surface area contributed by atoms with Crippen molar-refractivity contribution < 1.29 is 4.39 Å². The smallest absolute Gasteiger partial charge is 0.125 e. The molecule has 3 heteroatoms. The lowest BCUT2D eigenvalue weighted by molar-refractivity contribution is 0.509. The van der Waals surface area contributed by atoms with Crippen LogP contribution in [-0.4, -0.2) is 26.2 Å². The first kappa shape index (κ1) is 12.4. The molecule has 0 saturated carbocycles. The Kier molecular flexibility index (Phi) is 4.37. The SMILES string of the molecule is CN(CC1CCCCCN1)c1cccc(F)c1. The Morgan fingerprint density at radius 1 is 1.35 bits per heavy atom. The first-order valence-corrected chi connectivity index (χ1v) is 6.46. The highest BCUT2D eigenvalue weighted by molar-refractivity contribution is 5.45. The maximum Gasteiger partial charge on any atom is 0.125 e. The second-order valence-corrected chi connectivity index (χ2v) is 4.86. The number of anilines is 1. The fourth-order valence-electron chi connectivity index (χ4n) is 2.41. The Balaban J connectivity index is 1.93. The molecule has 2 nitrogen and oxygen atoms in total. The summed E-state index contributed by atoms with van der Waals surface area (Å²) in [5.74, 6) is -0.164. The molecule has 0 aromatic heterocycles. The predicted octanol–water partition coefficient (Wildman–Crippen LogP) is 2.79. The van der Waals surface area contributed by atoms with Gasteiger partial charge in [0.05, 0.1) is 0 Å². The summed E-state index contributed by atoms with van der Waals surface area (Å²) >= 11 is 0. The maximum absolute atomic E-state index is 13.1. The molecule has 1 aliphatic rings. The van der Waals surface area contributed by atoms with E-state index in [0.717, 1.165) is 18.8 Å². The molecule has 94 valence electrons. The number of benzene rings is 1. The van der Waals surface area contributed by atoms with Crippen LogP contribution in [0, 0.1) is 5.82 Å². The molecule has 1 aromatic carbocycles. The van der Waals surface area contributed by atoms with Gasteiger partial charge >= 0.3 is 0 Å². The Hall–Kier alpha value is -1.09. The summed E-state index contributed by atoms with van der Waals surface area (Å²) in [5.41, 5.74) is 0.955. The van der Waals surface area contributed by atoms with Crippen molar-refractivity contribution in [2.24, 2.45) is 0 Å². The summed E-state index contributed by atoms with van der Waals surface area (Å²) in [6.07, 6.45) is 5.13. The van der Waals surface area contributed by atoms with E-state index in [4.69, 9.17) is 0 Å². The van der Waals surface area contributed by atoms with E-state index in [-0.39, 0.29) is 5.82 Å². The molecule has 0 radical (unpaired) electrons. The number of hydrogen-bond donors (Lipinski definition) is 1. The highest BCUT2D eigenvalue weighted by Gasteiger charge is 2.13. The monoisotopic (exact) mass is 236 g/mol. The predicted molar refractivity (Wildman–Crippen MR) is 69.9 cm³/mol. The molecule has 17 heavy (non-hydrogen) atoms. The highest BCUT2D eigenvalue weighted by Crippen LogP contribution is 2.16. The fraction of sp³-hybridized carbons (Fsp3) is 0.571. The van der Waals surface area contributed by atoms with E-state index in [2.05, 4.69) is 10.2 Å². The van der Waals surface area contributed by atoms with Crippen LogP contribution in [0.1, 0.15) is 25.7 Å². The quantitative estimate of drug-likeness (QED) is 0.868. The molecule has 1 atom stereocenters. The van der Waals surface area contributed by atoms with E-state index < -0.39 is 0 Å². The second-order valence-electron chi connectivity index (χ2n) is 4.86. The van der Waals surface area contributed by atoms with Crippen molar-refractivity contribution in [2.75, 3.05) is 25.0 Å². The molecular formula is C14H21FN2. The van der Waals surface area contributed by atoms with Gasteiger partial charge in [-0.3, -0.25) is 0 Å². The highest BCUT2D eigenvalue weighted by atomic mass is 19.1. The number of rotatable bonds is 3. The third kappa shape index (κ3) is 3.70. The summed E-state index contributed by atoms with van der Waals surface area (Å²) in [4.78, 5) is 2.13. The fourth-order valence-corrected chi connectivity index (χ4v) is 2.41. The van der Waals surface area contributed by atoms with Crippen molar-refractivity contribution in [3.8, 4) is 0 Å². The number of halogens is 1. The molecule has 0 bridgehead atoms. The minimum atomic E-state index is -0.164. The average Bonchev–Trinajstić information content (AvgIpc) is 2.57. The lowest BCUT2D eigenvalue weighted by Gasteiger charge is -2.25. The molecular weight excluding hydrogens is 215 g/mol. The zero-order valence-corrected chi connectivity index (χ0v) is 10.5. The molecule has 1 unspecified atom stereocenters. The minimum absolute atomic E-state index is 0.164. The normalized spacial score (nSPS) is 20.9. The van der Waals surface area contributed by atoms with Crippen LogP contribution >= 0.6 is 0 Å². The Labute approximate surface area is 103 Å². The summed E-state index contributed by atoms with van der Waals surface area (Å²) < 4.78 is 13.1. The number of nitrogens with one attached hydrogen (secondary N) is 1. The first-order chi connectivity index (χ1) is 8.25. The summed E-state index contributed by atoms with van der Waals surface area (Å²) in [6, 6.07) is 7.34. The van der Waals surface area contributed by atoms with Crippen molar-refractivity contribution in [1.29, 1.82) is 0 Å². The Morgan fingerprint density at radius 2 is 2.24 bits per heavy atom. The number of nitrogens with zero attached hydrogens (tertiary/aromatic N) is 1. The van der Waals surface area contributed by atoms with Crippen LogP contribution in [-0.2, 0) is 0 Å². The summed E-state index contributed by atoms with van der Waals surface area (Å²) in [7, 11) is 2.03. The summed E-state index contributed by atoms with van der Waals surface area (Å²) in [5, 5.41) is 3.56. The van der Waals surface area contributed by atoms with Crippen LogP contribution in [0.3, 0.4) is 0 Å². The van der Waals surface area contributed by atoms with Gasteiger partial charge in [-0.25, -0.2) is 4.39 Å². The van der Waals surface area contributed by atoms with Gasteiger partial charge in [-0.05, 0) is 37.6 Å². The van der Waals surface area contributed by atoms with Gasteiger partial charge in [0.15, 0.2) is 0 Å². The van der Waals surface area contributed by atoms with Crippen LogP contribution < -0.4 is 10.2 Å². The van der Waals surface area contributed by atoms with Gasteiger partial charge in [0.1, 0.15) is 5.82 Å². The molecule has 1 N–H and O–H groups in total. The van der Waals surface area contributed by atoms with Crippen LogP contribution in [0.5, 0.6) is 0 Å². The van der Waals surface area contributed by atoms with Gasteiger partial charge in [0.2, 0.25) is 0 Å². The van der Waals surface area contributed by atoms with Crippen molar-refractivity contribution in [2.45, 2.75) is 31.7 Å². The number of hydrogen-bond acceptors (Lipinski definition) is 2. The van der Waals surface area contributed by atoms with Crippen LogP contribution in [0.25, 0.3) is 0 Å². The lowest BCUT2D eigenvalue weighted by atomic mass is 10.1. The molecule has 1 aromatic rings. The van der Waals surface area contributed by atoms with Crippen LogP contribution in [0.4, 0.5) is 10.1 Å². The molecule has 1 saturated heterocycles. The van der Waals surface area contributed by atoms with Gasteiger partial charge < -0.3 is 10.2 Å². The van der Waals surface area contributed by atoms with E-state index in [0.29, 0.717) is 6.04 Å². The number of likely N-dealkylation sites (N-methyl/N-ethyl adjacent to an activating group) is 1. The van der Waals surface area contributed by atoms with Gasteiger partial charge in [-0.2, -0.15) is 0 Å². The molecule has 0 aliphatic carbocycles. The Morgan fingerprint density at radius 3 is 3.06 bits per heavy atom. The van der Waals surface area contributed by atoms with Crippen LogP contribution in [0.15, 0.2) is 24.3 Å². The third-order valence-corrected chi connectivity index (χ3v) is 3.41. The summed E-state index contributed by atoms with van der Waals surface area (Å²) in [6.45, 7) is 2.06. The molecule has 2 rings (SSSR count). The maximum atomic E-state index is 13.1. The van der Waals surface area contributed by atoms with E-state index in [1.807, 2.05) is 13.1 Å². The third-order valence-electron chi connectivity index (χ3n) is 3.41. The molecule has 0 amide bonds. The largest absolute Gasteiger partial charge is 0.373 e. The zero-order chi connectivity index (χ0) is 12.1. The Bertz CT molecular complexity index is 346. The average molecular weight is 236 g/mol. The van der Waals surface area contributed by atoms with Gasteiger partial charge in [-0.15, -0.1) is 0 Å². The van der Waals surface area contributed by atoms with Crippen molar-refractivity contribution >= 4 is 5.69 Å². The molecule has 1 fully saturated rings. The van der Waals surface area contributed by atoms with Crippen molar-refractivity contribution in [3.05, 3.63) is 30.1 Å². The van der Waals surface area contributed by atoms with Crippen molar-refractivity contribution in [1.82, 2.24) is 5.32 Å². The molecule has 1 aliphatic heterocycles. The minimum Gasteiger partial charge on any atom is -0.373 e. The molecule has 1 heterocycles. The standard InChI is InChI=1S/C14H21FN2/c1-17(14-8-5-6-12(15)10-14)11-13-7-3-2-4-9-16-13/h5-6,8,10,13,16H,2-4,7,9,11H2,1H3. The lowest BCUT2D eigenvalue weighted by Crippen LogP contribution is -2.39. The van der Waals surface area contributed by atoms with Gasteiger partial charge in [0, 0.05) is 25.3 Å². The van der Waals surface area contributed by atoms with Gasteiger partial charge in [0.25, 0.3) is 0 Å². The zero-order valence-electron chi connectivity index (χ0n) is 10.5. The van der Waals surface area contributed by atoms with Crippen molar-refractivity contribution in [3.63, 3.8) is 0 Å². The topological polar surface area (TPSA) is 15.3 Å². The van der Waals surface area contributed by atoms with E-state index in [1.165, 1.54) is 31.7 Å². The van der Waals surface area contributed by atoms with Gasteiger partial charge in [-0.1, -0.05) is 18.9 Å². The van der Waals surface area contributed by atoms with E-state index >= 15 is 0 Å². The first-order valence-electron chi connectivity index (χ1n) is 6.46. The second kappa shape index (κ2) is 6.01. The molecule has 0 spiro atoms. The van der Waals surface area contributed by atoms with E-state index in [9.17, 15) is 4.39 Å². The van der Waals surface area contributed by atoms with Crippen LogP contribution in [0.2, 0.25) is 0 Å². The van der Waals surface area contributed by atoms with E-state index in [1.54, 1.807) is 12.1 Å².